The third kappa shape index (κ3) is 5.25. The Morgan fingerprint density at radius 3 is 2.50 bits per heavy atom. The lowest BCUT2D eigenvalue weighted by Gasteiger charge is -2.11. The Hall–Kier alpha value is -2.12. The van der Waals surface area contributed by atoms with Gasteiger partial charge < -0.3 is 10.1 Å². The summed E-state index contributed by atoms with van der Waals surface area (Å²) < 4.78 is 53.4. The second-order valence-corrected chi connectivity index (χ2v) is 3.88. The maximum absolute atomic E-state index is 13.0. The van der Waals surface area contributed by atoms with E-state index in [1.54, 1.807) is 5.32 Å². The fourth-order valence-electron chi connectivity index (χ4n) is 1.30. The zero-order valence-electron chi connectivity index (χ0n) is 10.4. The molecule has 1 aromatic rings. The smallest absolute Gasteiger partial charge is 0.405 e. The van der Waals surface area contributed by atoms with Crippen molar-refractivity contribution < 1.29 is 31.9 Å². The lowest BCUT2D eigenvalue weighted by Crippen LogP contribution is -2.36. The number of hydrogen-bond donors (Lipinski definition) is 1. The Labute approximate surface area is 111 Å². The van der Waals surface area contributed by atoms with E-state index in [1.807, 2.05) is 0 Å². The number of ether oxygens (including phenoxy) is 1. The van der Waals surface area contributed by atoms with Crippen molar-refractivity contribution in [3.63, 3.8) is 0 Å². The predicted molar refractivity (Wildman–Crippen MR) is 61.0 cm³/mol. The van der Waals surface area contributed by atoms with E-state index in [-0.39, 0.29) is 11.3 Å². The van der Waals surface area contributed by atoms with Crippen LogP contribution in [0.1, 0.15) is 17.3 Å². The lowest BCUT2D eigenvalue weighted by atomic mass is 10.1. The third-order valence-electron chi connectivity index (χ3n) is 2.17. The minimum absolute atomic E-state index is 0.0371. The van der Waals surface area contributed by atoms with Gasteiger partial charge in [0.2, 0.25) is 0 Å². The standard InChI is InChI=1S/C12H11F4NO3/c1-7(18)9-3-2-8(13)4-10(9)20-5-11(19)17-6-12(14,15)16/h2-4H,5-6H2,1H3,(H,17,19). The van der Waals surface area contributed by atoms with Gasteiger partial charge in [-0.15, -0.1) is 0 Å². The van der Waals surface area contributed by atoms with Crippen LogP contribution in [0.5, 0.6) is 5.75 Å². The number of carbonyl (C=O) groups excluding carboxylic acids is 2. The Kier molecular flexibility index (Phi) is 5.06. The van der Waals surface area contributed by atoms with Crippen molar-refractivity contribution in [1.82, 2.24) is 5.32 Å². The highest BCUT2D eigenvalue weighted by molar-refractivity contribution is 5.96. The van der Waals surface area contributed by atoms with Gasteiger partial charge in [-0.3, -0.25) is 9.59 Å². The summed E-state index contributed by atoms with van der Waals surface area (Å²) in [4.78, 5) is 22.3. The molecule has 8 heteroatoms. The fraction of sp³-hybridized carbons (Fsp3) is 0.333. The molecule has 0 aliphatic heterocycles. The number of carbonyl (C=O) groups is 2. The average molecular weight is 293 g/mol. The van der Waals surface area contributed by atoms with Crippen LogP contribution in [-0.4, -0.2) is 31.0 Å². The Balaban J connectivity index is 2.63. The third-order valence-corrected chi connectivity index (χ3v) is 2.17. The molecule has 0 unspecified atom stereocenters. The Morgan fingerprint density at radius 1 is 1.30 bits per heavy atom. The van der Waals surface area contributed by atoms with Crippen molar-refractivity contribution in [3.8, 4) is 5.75 Å². The molecule has 1 rings (SSSR count). The van der Waals surface area contributed by atoms with Gasteiger partial charge in [-0.05, 0) is 19.1 Å². The van der Waals surface area contributed by atoms with E-state index >= 15 is 0 Å². The quantitative estimate of drug-likeness (QED) is 0.668. The van der Waals surface area contributed by atoms with Crippen molar-refractivity contribution in [2.45, 2.75) is 13.1 Å². The van der Waals surface area contributed by atoms with Crippen molar-refractivity contribution in [1.29, 1.82) is 0 Å². The normalized spacial score (nSPS) is 11.1. The molecule has 0 atom stereocenters. The molecule has 110 valence electrons. The highest BCUT2D eigenvalue weighted by Crippen LogP contribution is 2.20. The van der Waals surface area contributed by atoms with Gasteiger partial charge in [-0.1, -0.05) is 0 Å². The van der Waals surface area contributed by atoms with Crippen LogP contribution < -0.4 is 10.1 Å². The van der Waals surface area contributed by atoms with Gasteiger partial charge in [0.1, 0.15) is 18.1 Å². The van der Waals surface area contributed by atoms with E-state index in [9.17, 15) is 27.2 Å². The van der Waals surface area contributed by atoms with Crippen molar-refractivity contribution in [2.75, 3.05) is 13.2 Å². The van der Waals surface area contributed by atoms with E-state index in [0.717, 1.165) is 12.1 Å². The molecule has 0 fully saturated rings. The van der Waals surface area contributed by atoms with Gasteiger partial charge >= 0.3 is 6.18 Å². The fourth-order valence-corrected chi connectivity index (χ4v) is 1.30. The number of rotatable bonds is 5. The predicted octanol–water partition coefficient (Wildman–Crippen LogP) is 2.09. The summed E-state index contributed by atoms with van der Waals surface area (Å²) in [6, 6.07) is 3.09. The van der Waals surface area contributed by atoms with Crippen LogP contribution in [0, 0.1) is 5.82 Å². The van der Waals surface area contributed by atoms with Crippen molar-refractivity contribution in [3.05, 3.63) is 29.6 Å². The van der Waals surface area contributed by atoms with Gasteiger partial charge in [0.15, 0.2) is 12.4 Å². The molecular formula is C12H11F4NO3. The van der Waals surface area contributed by atoms with E-state index in [2.05, 4.69) is 0 Å². The summed E-state index contributed by atoms with van der Waals surface area (Å²) >= 11 is 0. The molecular weight excluding hydrogens is 282 g/mol. The summed E-state index contributed by atoms with van der Waals surface area (Å²) in [5, 5.41) is 1.59. The van der Waals surface area contributed by atoms with Gasteiger partial charge in [-0.2, -0.15) is 13.2 Å². The van der Waals surface area contributed by atoms with Crippen LogP contribution in [0.4, 0.5) is 17.6 Å². The van der Waals surface area contributed by atoms with Gasteiger partial charge in [0.25, 0.3) is 5.91 Å². The Morgan fingerprint density at radius 2 is 1.95 bits per heavy atom. The zero-order chi connectivity index (χ0) is 15.3. The minimum Gasteiger partial charge on any atom is -0.483 e. The lowest BCUT2D eigenvalue weighted by molar-refractivity contribution is -0.139. The minimum atomic E-state index is -4.53. The molecule has 0 aliphatic rings. The van der Waals surface area contributed by atoms with Crippen LogP contribution in [0.2, 0.25) is 0 Å². The van der Waals surface area contributed by atoms with E-state index in [4.69, 9.17) is 4.74 Å². The van der Waals surface area contributed by atoms with Crippen LogP contribution in [-0.2, 0) is 4.79 Å². The SMILES string of the molecule is CC(=O)c1ccc(F)cc1OCC(=O)NCC(F)(F)F. The number of Topliss-reactive ketones (excluding diaryl/α,β-unsaturated/α-hetero) is 1. The maximum atomic E-state index is 13.0. The molecule has 0 bridgehead atoms. The van der Waals surface area contributed by atoms with Crippen LogP contribution in [0.25, 0.3) is 0 Å². The molecule has 0 aliphatic carbocycles. The first-order valence-corrected chi connectivity index (χ1v) is 5.46. The molecule has 4 nitrogen and oxygen atoms in total. The Bertz CT molecular complexity index is 514. The first kappa shape index (κ1) is 15.9. The second-order valence-electron chi connectivity index (χ2n) is 3.88. The summed E-state index contributed by atoms with van der Waals surface area (Å²) in [5.74, 6) is -2.34. The van der Waals surface area contributed by atoms with Gasteiger partial charge in [0.05, 0.1) is 5.56 Å². The van der Waals surface area contributed by atoms with E-state index in [1.165, 1.54) is 13.0 Å². The molecule has 1 N–H and O–H groups in total. The molecule has 20 heavy (non-hydrogen) atoms. The molecule has 1 aromatic carbocycles. The number of benzene rings is 1. The van der Waals surface area contributed by atoms with Crippen molar-refractivity contribution in [2.24, 2.45) is 0 Å². The van der Waals surface area contributed by atoms with Crippen LogP contribution >= 0.6 is 0 Å². The zero-order valence-corrected chi connectivity index (χ0v) is 10.4. The van der Waals surface area contributed by atoms with E-state index in [0.29, 0.717) is 0 Å². The second kappa shape index (κ2) is 6.36. The molecule has 0 aromatic heterocycles. The van der Waals surface area contributed by atoms with Crippen LogP contribution in [0.15, 0.2) is 18.2 Å². The highest BCUT2D eigenvalue weighted by atomic mass is 19.4. The summed E-state index contributed by atoms with van der Waals surface area (Å²) in [6.45, 7) is -1.03. The first-order chi connectivity index (χ1) is 9.19. The van der Waals surface area contributed by atoms with Crippen LogP contribution in [0.3, 0.4) is 0 Å². The largest absolute Gasteiger partial charge is 0.483 e. The van der Waals surface area contributed by atoms with Gasteiger partial charge in [-0.25, -0.2) is 4.39 Å². The summed E-state index contributed by atoms with van der Waals surface area (Å²) in [6.07, 6.45) is -4.53. The molecule has 0 radical (unpaired) electrons. The summed E-state index contributed by atoms with van der Waals surface area (Å²) in [7, 11) is 0. The molecule has 1 amide bonds. The van der Waals surface area contributed by atoms with Crippen molar-refractivity contribution >= 4 is 11.7 Å². The number of hydrogen-bond acceptors (Lipinski definition) is 3. The number of amides is 1. The number of ketones is 1. The molecule has 0 saturated heterocycles. The topological polar surface area (TPSA) is 55.4 Å². The average Bonchev–Trinajstić information content (AvgIpc) is 2.32. The van der Waals surface area contributed by atoms with E-state index < -0.39 is 36.8 Å². The monoisotopic (exact) mass is 293 g/mol. The molecule has 0 heterocycles. The maximum Gasteiger partial charge on any atom is 0.405 e. The molecule has 0 spiro atoms. The molecule has 0 saturated carbocycles. The first-order valence-electron chi connectivity index (χ1n) is 5.46. The number of halogens is 4. The summed E-state index contributed by atoms with van der Waals surface area (Å²) in [5.41, 5.74) is 0.0371. The number of alkyl halides is 3. The van der Waals surface area contributed by atoms with Gasteiger partial charge in [0, 0.05) is 6.07 Å². The number of nitrogens with one attached hydrogen (secondary N) is 1. The highest BCUT2D eigenvalue weighted by Gasteiger charge is 2.27.